The Morgan fingerprint density at radius 1 is 0.452 bits per heavy atom. The lowest BCUT2D eigenvalue weighted by Gasteiger charge is -2.13. The zero-order chi connectivity index (χ0) is 21.3. The summed E-state index contributed by atoms with van der Waals surface area (Å²) in [6, 6.07) is 33.9. The number of ether oxygens (including phenoxy) is 3. The summed E-state index contributed by atoms with van der Waals surface area (Å²) in [5.41, 5.74) is 3.22. The number of hydrogen-bond donors (Lipinski definition) is 0. The van der Waals surface area contributed by atoms with E-state index in [1.807, 2.05) is 103 Å². The van der Waals surface area contributed by atoms with Gasteiger partial charge in [0.2, 0.25) is 0 Å². The van der Waals surface area contributed by atoms with E-state index in [1.54, 1.807) is 0 Å². The first-order chi connectivity index (χ1) is 15.2. The highest BCUT2D eigenvalue weighted by Gasteiger charge is 2.06. The van der Waals surface area contributed by atoms with E-state index in [1.165, 1.54) is 0 Å². The first-order valence-electron chi connectivity index (χ1n) is 10.1. The molecule has 0 spiro atoms. The summed E-state index contributed by atoms with van der Waals surface area (Å²) in [7, 11) is 0. The maximum Gasteiger partial charge on any atom is 0.123 e. The number of benzene rings is 4. The van der Waals surface area contributed by atoms with Crippen molar-refractivity contribution >= 4 is 15.9 Å². The fourth-order valence-electron chi connectivity index (χ4n) is 3.06. The topological polar surface area (TPSA) is 27.7 Å². The second kappa shape index (κ2) is 10.7. The Hall–Kier alpha value is -3.24. The molecule has 0 atom stereocenters. The van der Waals surface area contributed by atoms with E-state index >= 15 is 0 Å². The van der Waals surface area contributed by atoms with E-state index in [9.17, 15) is 0 Å². The fraction of sp³-hybridized carbons (Fsp3) is 0.111. The molecule has 0 unspecified atom stereocenters. The van der Waals surface area contributed by atoms with Crippen molar-refractivity contribution in [3.05, 3.63) is 124 Å². The molecule has 0 aromatic heterocycles. The molecule has 0 amide bonds. The first-order valence-corrected chi connectivity index (χ1v) is 10.9. The van der Waals surface area contributed by atoms with Crippen LogP contribution in [0.1, 0.15) is 16.7 Å². The van der Waals surface area contributed by atoms with Crippen molar-refractivity contribution < 1.29 is 14.2 Å². The Morgan fingerprint density at radius 3 is 1.42 bits per heavy atom. The van der Waals surface area contributed by atoms with Gasteiger partial charge in [0.1, 0.15) is 37.1 Å². The summed E-state index contributed by atoms with van der Waals surface area (Å²) in [6.45, 7) is 1.41. The highest BCUT2D eigenvalue weighted by molar-refractivity contribution is 9.10. The van der Waals surface area contributed by atoms with Gasteiger partial charge in [0.15, 0.2) is 0 Å². The summed E-state index contributed by atoms with van der Waals surface area (Å²) < 4.78 is 19.1. The molecule has 0 saturated carbocycles. The first kappa shape index (κ1) is 21.0. The van der Waals surface area contributed by atoms with Gasteiger partial charge in [-0.05, 0) is 53.1 Å². The number of hydrogen-bond acceptors (Lipinski definition) is 3. The third-order valence-corrected chi connectivity index (χ3v) is 5.18. The second-order valence-corrected chi connectivity index (χ2v) is 8.02. The molecule has 4 rings (SSSR count). The molecule has 4 heteroatoms. The third kappa shape index (κ3) is 6.63. The molecule has 4 aromatic rings. The quantitative estimate of drug-likeness (QED) is 0.257. The average Bonchev–Trinajstić information content (AvgIpc) is 2.82. The Kier molecular flexibility index (Phi) is 7.24. The molecule has 0 bridgehead atoms. The maximum absolute atomic E-state index is 6.05. The lowest BCUT2D eigenvalue weighted by atomic mass is 10.2. The molecular weight excluding hydrogens is 452 g/mol. The van der Waals surface area contributed by atoms with Gasteiger partial charge in [0.05, 0.1) is 0 Å². The predicted octanol–water partition coefficient (Wildman–Crippen LogP) is 7.19. The van der Waals surface area contributed by atoms with Gasteiger partial charge in [-0.25, -0.2) is 0 Å². The average molecular weight is 475 g/mol. The second-order valence-electron chi connectivity index (χ2n) is 7.10. The fourth-order valence-corrected chi connectivity index (χ4v) is 3.32. The summed E-state index contributed by atoms with van der Waals surface area (Å²) in [4.78, 5) is 0. The van der Waals surface area contributed by atoms with Crippen LogP contribution in [-0.2, 0) is 19.8 Å². The molecule has 0 aliphatic carbocycles. The van der Waals surface area contributed by atoms with Crippen LogP contribution in [0.15, 0.2) is 108 Å². The minimum Gasteiger partial charge on any atom is -0.489 e. The van der Waals surface area contributed by atoms with Crippen LogP contribution in [0.5, 0.6) is 17.2 Å². The van der Waals surface area contributed by atoms with Gasteiger partial charge < -0.3 is 14.2 Å². The van der Waals surface area contributed by atoms with Crippen molar-refractivity contribution in [1.29, 1.82) is 0 Å². The maximum atomic E-state index is 6.05. The van der Waals surface area contributed by atoms with Gasteiger partial charge in [-0.1, -0.05) is 76.6 Å². The minimum atomic E-state index is 0.422. The van der Waals surface area contributed by atoms with Crippen LogP contribution in [0.3, 0.4) is 0 Å². The predicted molar refractivity (Wildman–Crippen MR) is 126 cm³/mol. The van der Waals surface area contributed by atoms with Crippen LogP contribution in [0.25, 0.3) is 0 Å². The summed E-state index contributed by atoms with van der Waals surface area (Å²) in [5, 5.41) is 0. The molecule has 4 aromatic carbocycles. The molecule has 0 N–H and O–H groups in total. The highest BCUT2D eigenvalue weighted by atomic mass is 79.9. The number of halogens is 1. The van der Waals surface area contributed by atoms with E-state index in [-0.39, 0.29) is 0 Å². The van der Waals surface area contributed by atoms with Crippen molar-refractivity contribution in [2.75, 3.05) is 0 Å². The Labute approximate surface area is 191 Å². The van der Waals surface area contributed by atoms with Gasteiger partial charge in [-0.3, -0.25) is 0 Å². The lowest BCUT2D eigenvalue weighted by Crippen LogP contribution is -2.01. The smallest absolute Gasteiger partial charge is 0.123 e. The lowest BCUT2D eigenvalue weighted by molar-refractivity contribution is 0.281. The molecule has 31 heavy (non-hydrogen) atoms. The van der Waals surface area contributed by atoms with E-state index in [4.69, 9.17) is 14.2 Å². The molecule has 0 fully saturated rings. The van der Waals surface area contributed by atoms with Crippen molar-refractivity contribution in [1.82, 2.24) is 0 Å². The third-order valence-electron chi connectivity index (χ3n) is 4.66. The molecule has 0 saturated heterocycles. The SMILES string of the molecule is Brc1ccc(OCc2cc(OCc3ccccc3)cc(OCc3ccccc3)c2)cc1. The van der Waals surface area contributed by atoms with E-state index in [0.29, 0.717) is 19.8 Å². The molecule has 3 nitrogen and oxygen atoms in total. The molecule has 0 aliphatic rings. The molecule has 0 radical (unpaired) electrons. The zero-order valence-electron chi connectivity index (χ0n) is 17.0. The summed E-state index contributed by atoms with van der Waals surface area (Å²) in [6.07, 6.45) is 0. The largest absolute Gasteiger partial charge is 0.489 e. The monoisotopic (exact) mass is 474 g/mol. The van der Waals surface area contributed by atoms with Gasteiger partial charge in [0.25, 0.3) is 0 Å². The molecular formula is C27H23BrO3. The van der Waals surface area contributed by atoms with E-state index in [0.717, 1.165) is 38.4 Å². The summed E-state index contributed by atoms with van der Waals surface area (Å²) in [5.74, 6) is 2.32. The Balaban J connectivity index is 1.48. The highest BCUT2D eigenvalue weighted by Crippen LogP contribution is 2.26. The normalized spacial score (nSPS) is 10.5. The van der Waals surface area contributed by atoms with Crippen molar-refractivity contribution in [2.45, 2.75) is 19.8 Å². The Morgan fingerprint density at radius 2 is 0.903 bits per heavy atom. The van der Waals surface area contributed by atoms with Crippen LogP contribution in [-0.4, -0.2) is 0 Å². The van der Waals surface area contributed by atoms with Crippen molar-refractivity contribution in [2.24, 2.45) is 0 Å². The van der Waals surface area contributed by atoms with Crippen LogP contribution in [0.4, 0.5) is 0 Å². The van der Waals surface area contributed by atoms with Crippen LogP contribution >= 0.6 is 15.9 Å². The van der Waals surface area contributed by atoms with Gasteiger partial charge in [0, 0.05) is 10.5 Å². The zero-order valence-corrected chi connectivity index (χ0v) is 18.6. The van der Waals surface area contributed by atoms with E-state index in [2.05, 4.69) is 15.9 Å². The minimum absolute atomic E-state index is 0.422. The molecule has 0 aliphatic heterocycles. The van der Waals surface area contributed by atoms with Gasteiger partial charge in [-0.2, -0.15) is 0 Å². The molecule has 0 heterocycles. The van der Waals surface area contributed by atoms with Crippen LogP contribution in [0.2, 0.25) is 0 Å². The standard InChI is InChI=1S/C27H23BrO3/c28-24-11-13-25(14-12-24)29-20-23-15-26(30-18-21-7-3-1-4-8-21)17-27(16-23)31-19-22-9-5-2-6-10-22/h1-17H,18-20H2. The van der Waals surface area contributed by atoms with Crippen LogP contribution < -0.4 is 14.2 Å². The van der Waals surface area contributed by atoms with Crippen LogP contribution in [0, 0.1) is 0 Å². The van der Waals surface area contributed by atoms with Crippen molar-refractivity contribution in [3.8, 4) is 17.2 Å². The number of rotatable bonds is 9. The van der Waals surface area contributed by atoms with Crippen molar-refractivity contribution in [3.63, 3.8) is 0 Å². The Bertz CT molecular complexity index is 1020. The molecule has 156 valence electrons. The summed E-state index contributed by atoms with van der Waals surface area (Å²) >= 11 is 3.44. The van der Waals surface area contributed by atoms with E-state index < -0.39 is 0 Å². The van der Waals surface area contributed by atoms with Gasteiger partial charge >= 0.3 is 0 Å². The van der Waals surface area contributed by atoms with Gasteiger partial charge in [-0.15, -0.1) is 0 Å².